The Labute approximate surface area is 132 Å². The van der Waals surface area contributed by atoms with E-state index in [0.717, 1.165) is 44.5 Å². The summed E-state index contributed by atoms with van der Waals surface area (Å²) >= 11 is 0. The van der Waals surface area contributed by atoms with Gasteiger partial charge in [-0.1, -0.05) is 13.3 Å². The minimum atomic E-state index is -0.559. The average Bonchev–Trinajstić information content (AvgIpc) is 3.09. The minimum absolute atomic E-state index is 0.157. The molecule has 3 aliphatic rings. The van der Waals surface area contributed by atoms with Gasteiger partial charge in [-0.2, -0.15) is 0 Å². The van der Waals surface area contributed by atoms with Crippen molar-refractivity contribution in [3.8, 4) is 0 Å². The lowest BCUT2D eigenvalue weighted by molar-refractivity contribution is -0.0609. The molecule has 2 heterocycles. The molecular formula is C18H26N2O2. The van der Waals surface area contributed by atoms with Crippen LogP contribution in [0.2, 0.25) is 0 Å². The van der Waals surface area contributed by atoms with Gasteiger partial charge in [0.2, 0.25) is 0 Å². The highest BCUT2D eigenvalue weighted by Crippen LogP contribution is 2.45. The van der Waals surface area contributed by atoms with Crippen LogP contribution in [-0.4, -0.2) is 39.2 Å². The Morgan fingerprint density at radius 3 is 2.91 bits per heavy atom. The van der Waals surface area contributed by atoms with Crippen LogP contribution in [0.25, 0.3) is 0 Å². The SMILES string of the molecule is CC[C@]1(O)CCC[C@H]2CN(C(=O)c3cccn3C3CC3)C[C@H]21. The van der Waals surface area contributed by atoms with Gasteiger partial charge in [-0.25, -0.2) is 0 Å². The second-order valence-corrected chi connectivity index (χ2v) is 7.46. The van der Waals surface area contributed by atoms with Crippen molar-refractivity contribution in [1.29, 1.82) is 0 Å². The Morgan fingerprint density at radius 2 is 2.18 bits per heavy atom. The second kappa shape index (κ2) is 5.12. The van der Waals surface area contributed by atoms with Gasteiger partial charge in [-0.15, -0.1) is 0 Å². The number of likely N-dealkylation sites (tertiary alicyclic amines) is 1. The lowest BCUT2D eigenvalue weighted by atomic mass is 9.69. The lowest BCUT2D eigenvalue weighted by Gasteiger charge is -2.40. The van der Waals surface area contributed by atoms with Crippen molar-refractivity contribution in [3.63, 3.8) is 0 Å². The van der Waals surface area contributed by atoms with Gasteiger partial charge in [0.15, 0.2) is 0 Å². The van der Waals surface area contributed by atoms with Crippen LogP contribution >= 0.6 is 0 Å². The van der Waals surface area contributed by atoms with Gasteiger partial charge in [-0.05, 0) is 50.2 Å². The summed E-state index contributed by atoms with van der Waals surface area (Å²) in [5.41, 5.74) is 0.275. The molecule has 1 N–H and O–H groups in total. The number of rotatable bonds is 3. The maximum atomic E-state index is 12.9. The first-order valence-corrected chi connectivity index (χ1v) is 8.81. The average molecular weight is 302 g/mol. The number of carbonyl (C=O) groups excluding carboxylic acids is 1. The fourth-order valence-electron chi connectivity index (χ4n) is 4.64. The summed E-state index contributed by atoms with van der Waals surface area (Å²) < 4.78 is 2.15. The van der Waals surface area contributed by atoms with E-state index in [1.165, 1.54) is 12.8 Å². The molecule has 1 saturated heterocycles. The summed E-state index contributed by atoms with van der Waals surface area (Å²) in [7, 11) is 0. The second-order valence-electron chi connectivity index (χ2n) is 7.46. The van der Waals surface area contributed by atoms with Crippen LogP contribution in [-0.2, 0) is 0 Å². The molecule has 3 atom stereocenters. The summed E-state index contributed by atoms with van der Waals surface area (Å²) in [6.07, 6.45) is 8.36. The van der Waals surface area contributed by atoms with E-state index in [1.54, 1.807) is 0 Å². The van der Waals surface area contributed by atoms with Crippen molar-refractivity contribution in [1.82, 2.24) is 9.47 Å². The van der Waals surface area contributed by atoms with E-state index in [2.05, 4.69) is 11.5 Å². The molecule has 0 unspecified atom stereocenters. The summed E-state index contributed by atoms with van der Waals surface area (Å²) in [5, 5.41) is 10.9. The van der Waals surface area contributed by atoms with Gasteiger partial charge in [0.25, 0.3) is 5.91 Å². The highest BCUT2D eigenvalue weighted by atomic mass is 16.3. The topological polar surface area (TPSA) is 45.5 Å². The van der Waals surface area contributed by atoms with E-state index in [4.69, 9.17) is 0 Å². The van der Waals surface area contributed by atoms with E-state index >= 15 is 0 Å². The van der Waals surface area contributed by atoms with Crippen molar-refractivity contribution >= 4 is 5.91 Å². The van der Waals surface area contributed by atoms with Crippen molar-refractivity contribution in [2.75, 3.05) is 13.1 Å². The number of carbonyl (C=O) groups is 1. The van der Waals surface area contributed by atoms with Crippen LogP contribution < -0.4 is 0 Å². The first kappa shape index (κ1) is 14.3. The quantitative estimate of drug-likeness (QED) is 0.933. The Bertz CT molecular complexity index is 577. The van der Waals surface area contributed by atoms with Crippen molar-refractivity contribution in [3.05, 3.63) is 24.0 Å². The van der Waals surface area contributed by atoms with Crippen LogP contribution in [0.4, 0.5) is 0 Å². The number of amides is 1. The third kappa shape index (κ3) is 2.19. The van der Waals surface area contributed by atoms with E-state index in [1.807, 2.05) is 23.2 Å². The molecule has 0 bridgehead atoms. The number of fused-ring (bicyclic) bond motifs is 1. The molecule has 1 aromatic heterocycles. The summed E-state index contributed by atoms with van der Waals surface area (Å²) in [6.45, 7) is 3.62. The Morgan fingerprint density at radius 1 is 1.36 bits per heavy atom. The maximum Gasteiger partial charge on any atom is 0.270 e. The molecule has 22 heavy (non-hydrogen) atoms. The molecule has 2 saturated carbocycles. The Balaban J connectivity index is 1.54. The first-order valence-electron chi connectivity index (χ1n) is 8.81. The number of aliphatic hydroxyl groups is 1. The van der Waals surface area contributed by atoms with Crippen LogP contribution in [0.5, 0.6) is 0 Å². The minimum Gasteiger partial charge on any atom is -0.390 e. The van der Waals surface area contributed by atoms with E-state index in [9.17, 15) is 9.90 Å². The fourth-order valence-corrected chi connectivity index (χ4v) is 4.64. The zero-order chi connectivity index (χ0) is 15.3. The number of hydrogen-bond acceptors (Lipinski definition) is 2. The fraction of sp³-hybridized carbons (Fsp3) is 0.722. The van der Waals surface area contributed by atoms with Gasteiger partial charge in [-0.3, -0.25) is 4.79 Å². The largest absolute Gasteiger partial charge is 0.390 e. The molecule has 0 aromatic carbocycles. The predicted octanol–water partition coefficient (Wildman–Crippen LogP) is 2.84. The smallest absolute Gasteiger partial charge is 0.270 e. The van der Waals surface area contributed by atoms with Crippen LogP contribution in [0, 0.1) is 11.8 Å². The van der Waals surface area contributed by atoms with Crippen molar-refractivity contribution in [2.24, 2.45) is 11.8 Å². The van der Waals surface area contributed by atoms with Crippen molar-refractivity contribution < 1.29 is 9.90 Å². The van der Waals surface area contributed by atoms with Gasteiger partial charge >= 0.3 is 0 Å². The molecule has 1 aliphatic heterocycles. The molecule has 4 nitrogen and oxygen atoms in total. The molecule has 0 spiro atoms. The molecule has 120 valence electrons. The molecule has 3 fully saturated rings. The van der Waals surface area contributed by atoms with Gasteiger partial charge in [0.1, 0.15) is 5.69 Å². The number of hydrogen-bond donors (Lipinski definition) is 1. The highest BCUT2D eigenvalue weighted by Gasteiger charge is 2.49. The van der Waals surface area contributed by atoms with E-state index in [0.29, 0.717) is 12.0 Å². The third-order valence-electron chi connectivity index (χ3n) is 6.15. The summed E-state index contributed by atoms with van der Waals surface area (Å²) in [5.74, 6) is 0.899. The summed E-state index contributed by atoms with van der Waals surface area (Å²) in [4.78, 5) is 14.9. The van der Waals surface area contributed by atoms with Crippen LogP contribution in [0.15, 0.2) is 18.3 Å². The maximum absolute atomic E-state index is 12.9. The lowest BCUT2D eigenvalue weighted by Crippen LogP contribution is -2.44. The highest BCUT2D eigenvalue weighted by molar-refractivity contribution is 5.93. The molecule has 2 aliphatic carbocycles. The zero-order valence-electron chi connectivity index (χ0n) is 13.4. The molecule has 1 amide bonds. The van der Waals surface area contributed by atoms with Gasteiger partial charge < -0.3 is 14.6 Å². The number of aromatic nitrogens is 1. The molecule has 4 heteroatoms. The van der Waals surface area contributed by atoms with Gasteiger partial charge in [0.05, 0.1) is 5.60 Å². The molecular weight excluding hydrogens is 276 g/mol. The predicted molar refractivity (Wildman–Crippen MR) is 84.7 cm³/mol. The monoisotopic (exact) mass is 302 g/mol. The van der Waals surface area contributed by atoms with Gasteiger partial charge in [0, 0.05) is 31.2 Å². The van der Waals surface area contributed by atoms with E-state index < -0.39 is 5.60 Å². The third-order valence-corrected chi connectivity index (χ3v) is 6.15. The Hall–Kier alpha value is -1.29. The number of nitrogens with zero attached hydrogens (tertiary/aromatic N) is 2. The van der Waals surface area contributed by atoms with Crippen molar-refractivity contribution in [2.45, 2.75) is 57.1 Å². The molecule has 1 aromatic rings. The van der Waals surface area contributed by atoms with Crippen LogP contribution in [0.1, 0.15) is 62.0 Å². The van der Waals surface area contributed by atoms with E-state index in [-0.39, 0.29) is 11.8 Å². The normalized spacial score (nSPS) is 34.7. The standard InChI is InChI=1S/C18H26N2O2/c1-2-18(22)9-3-5-13-11-19(12-15(13)18)17(21)16-6-4-10-20(16)14-7-8-14/h4,6,10,13-15,22H,2-3,5,7-9,11-12H2,1H3/t13-,15+,18-/m0/s1. The Kier molecular flexibility index (Phi) is 3.33. The van der Waals surface area contributed by atoms with Crippen LogP contribution in [0.3, 0.4) is 0 Å². The summed E-state index contributed by atoms with van der Waals surface area (Å²) in [6, 6.07) is 4.47. The zero-order valence-corrected chi connectivity index (χ0v) is 13.4. The first-order chi connectivity index (χ1) is 10.6. The molecule has 0 radical (unpaired) electrons. The molecule has 4 rings (SSSR count).